The Bertz CT molecular complexity index is 1020. The van der Waals surface area contributed by atoms with Gasteiger partial charge in [-0.05, 0) is 24.0 Å². The number of ether oxygens (including phenoxy) is 2. The van der Waals surface area contributed by atoms with Crippen LogP contribution in [0.15, 0.2) is 48.8 Å². The number of rotatable bonds is 7. The lowest BCUT2D eigenvalue weighted by Crippen LogP contribution is -2.46. The van der Waals surface area contributed by atoms with Gasteiger partial charge in [-0.2, -0.15) is 0 Å². The molecule has 3 rings (SSSR count). The van der Waals surface area contributed by atoms with E-state index in [0.717, 1.165) is 5.56 Å². The summed E-state index contributed by atoms with van der Waals surface area (Å²) in [6.07, 6.45) is 2.31. The quantitative estimate of drug-likeness (QED) is 0.599. The summed E-state index contributed by atoms with van der Waals surface area (Å²) in [4.78, 5) is 54.8. The summed E-state index contributed by atoms with van der Waals surface area (Å²) in [6, 6.07) is 9.99. The minimum absolute atomic E-state index is 0.0662. The molecule has 0 radical (unpaired) electrons. The fourth-order valence-electron chi connectivity index (χ4n) is 3.71. The third kappa shape index (κ3) is 6.87. The van der Waals surface area contributed by atoms with Gasteiger partial charge in [0.1, 0.15) is 19.0 Å². The Balaban J connectivity index is 1.70. The van der Waals surface area contributed by atoms with Crippen molar-refractivity contribution in [2.75, 3.05) is 13.2 Å². The summed E-state index contributed by atoms with van der Waals surface area (Å²) in [7, 11) is 0. The van der Waals surface area contributed by atoms with Crippen LogP contribution in [0.4, 0.5) is 4.79 Å². The van der Waals surface area contributed by atoms with Crippen LogP contribution in [0.5, 0.6) is 5.75 Å². The molecular weight excluding hydrogens is 438 g/mol. The second-order valence-corrected chi connectivity index (χ2v) is 8.45. The first-order chi connectivity index (χ1) is 16.3. The Morgan fingerprint density at radius 3 is 2.71 bits per heavy atom. The standard InChI is InChI=1S/C25H29N3O6/c1-16(2)22(28-25(32)34-15-17-6-4-3-5-7-17)20(29)13-18-12-19-14-26-9-8-21(19)33-11-10-27-24(31)23(18)30/h3-9,14,16,18,22H,10-13,15H2,1-2H3,(H,27,31)(H,28,32). The number of hydrogen-bond donors (Lipinski definition) is 2. The minimum Gasteiger partial charge on any atom is -0.491 e. The van der Waals surface area contributed by atoms with Gasteiger partial charge in [0.05, 0.1) is 12.6 Å². The molecule has 0 aliphatic carbocycles. The van der Waals surface area contributed by atoms with Crippen molar-refractivity contribution < 1.29 is 28.7 Å². The zero-order chi connectivity index (χ0) is 24.5. The van der Waals surface area contributed by atoms with E-state index in [0.29, 0.717) is 11.3 Å². The summed E-state index contributed by atoms with van der Waals surface area (Å²) < 4.78 is 10.9. The number of benzene rings is 1. The van der Waals surface area contributed by atoms with Crippen molar-refractivity contribution in [3.8, 4) is 5.75 Å². The first kappa shape index (κ1) is 24.9. The number of nitrogens with zero attached hydrogens (tertiary/aromatic N) is 1. The summed E-state index contributed by atoms with van der Waals surface area (Å²) in [5, 5.41) is 5.13. The average molecular weight is 468 g/mol. The normalized spacial score (nSPS) is 17.1. The number of carbonyl (C=O) groups is 4. The van der Waals surface area contributed by atoms with Crippen LogP contribution in [-0.4, -0.2) is 47.7 Å². The van der Waals surface area contributed by atoms with Crippen LogP contribution < -0.4 is 15.4 Å². The molecule has 9 heteroatoms. The molecule has 0 fully saturated rings. The summed E-state index contributed by atoms with van der Waals surface area (Å²) in [5.41, 5.74) is 1.46. The highest BCUT2D eigenvalue weighted by Crippen LogP contribution is 2.24. The molecule has 0 spiro atoms. The smallest absolute Gasteiger partial charge is 0.408 e. The lowest BCUT2D eigenvalue weighted by atomic mass is 9.86. The van der Waals surface area contributed by atoms with E-state index in [1.54, 1.807) is 32.3 Å². The van der Waals surface area contributed by atoms with E-state index in [2.05, 4.69) is 15.6 Å². The molecule has 2 aromatic rings. The van der Waals surface area contributed by atoms with E-state index in [1.807, 2.05) is 30.3 Å². The van der Waals surface area contributed by atoms with Crippen LogP contribution >= 0.6 is 0 Å². The number of fused-ring (bicyclic) bond motifs is 1. The van der Waals surface area contributed by atoms with Gasteiger partial charge in [0.25, 0.3) is 5.91 Å². The number of carbonyl (C=O) groups excluding carboxylic acids is 4. The summed E-state index contributed by atoms with van der Waals surface area (Å²) in [5.74, 6) is -2.41. The molecule has 2 heterocycles. The van der Waals surface area contributed by atoms with E-state index < -0.39 is 29.7 Å². The van der Waals surface area contributed by atoms with Crippen LogP contribution in [0, 0.1) is 11.8 Å². The third-order valence-electron chi connectivity index (χ3n) is 5.51. The second kappa shape index (κ2) is 11.9. The molecule has 1 aromatic carbocycles. The molecule has 2 amide bonds. The van der Waals surface area contributed by atoms with E-state index in [-0.39, 0.29) is 44.3 Å². The van der Waals surface area contributed by atoms with E-state index in [1.165, 1.54) is 0 Å². The first-order valence-electron chi connectivity index (χ1n) is 11.2. The maximum absolute atomic E-state index is 13.2. The molecule has 0 saturated carbocycles. The zero-order valence-electron chi connectivity index (χ0n) is 19.3. The summed E-state index contributed by atoms with van der Waals surface area (Å²) >= 11 is 0. The predicted octanol–water partition coefficient (Wildman–Crippen LogP) is 2.23. The third-order valence-corrected chi connectivity index (χ3v) is 5.51. The van der Waals surface area contributed by atoms with Crippen LogP contribution in [0.2, 0.25) is 0 Å². The lowest BCUT2D eigenvalue weighted by Gasteiger charge is -2.24. The highest BCUT2D eigenvalue weighted by Gasteiger charge is 2.33. The predicted molar refractivity (Wildman–Crippen MR) is 123 cm³/mol. The van der Waals surface area contributed by atoms with E-state index in [9.17, 15) is 19.2 Å². The Labute approximate surface area is 198 Å². The average Bonchev–Trinajstić information content (AvgIpc) is 2.83. The van der Waals surface area contributed by atoms with Crippen molar-refractivity contribution in [2.24, 2.45) is 11.8 Å². The van der Waals surface area contributed by atoms with Crippen molar-refractivity contribution in [3.05, 3.63) is 59.9 Å². The van der Waals surface area contributed by atoms with Gasteiger partial charge in [-0.25, -0.2) is 4.79 Å². The van der Waals surface area contributed by atoms with Crippen LogP contribution in [-0.2, 0) is 32.1 Å². The molecule has 9 nitrogen and oxygen atoms in total. The number of ketones is 2. The maximum atomic E-state index is 13.2. The number of nitrogens with one attached hydrogen (secondary N) is 2. The Kier molecular flexibility index (Phi) is 8.73. The number of hydrogen-bond acceptors (Lipinski definition) is 7. The SMILES string of the molecule is CC(C)C(NC(=O)OCc1ccccc1)C(=O)CC1Cc2cnccc2OCCNC(=O)C1=O. The van der Waals surface area contributed by atoms with Gasteiger partial charge < -0.3 is 20.1 Å². The molecule has 1 aromatic heterocycles. The Morgan fingerprint density at radius 1 is 1.21 bits per heavy atom. The number of alkyl carbamates (subject to hydrolysis) is 1. The lowest BCUT2D eigenvalue weighted by molar-refractivity contribution is -0.141. The second-order valence-electron chi connectivity index (χ2n) is 8.45. The highest BCUT2D eigenvalue weighted by atomic mass is 16.5. The molecule has 0 bridgehead atoms. The van der Waals surface area contributed by atoms with Gasteiger partial charge >= 0.3 is 6.09 Å². The molecule has 1 aliphatic heterocycles. The molecule has 2 unspecified atom stereocenters. The van der Waals surface area contributed by atoms with Gasteiger partial charge in [-0.15, -0.1) is 0 Å². The van der Waals surface area contributed by atoms with Crippen LogP contribution in [0.1, 0.15) is 31.4 Å². The van der Waals surface area contributed by atoms with Gasteiger partial charge in [0.15, 0.2) is 5.78 Å². The highest BCUT2D eigenvalue weighted by molar-refractivity contribution is 6.37. The molecule has 180 valence electrons. The van der Waals surface area contributed by atoms with E-state index >= 15 is 0 Å². The number of pyridine rings is 1. The van der Waals surface area contributed by atoms with Crippen LogP contribution in [0.25, 0.3) is 0 Å². The van der Waals surface area contributed by atoms with Gasteiger partial charge in [-0.1, -0.05) is 44.2 Å². The largest absolute Gasteiger partial charge is 0.491 e. The topological polar surface area (TPSA) is 124 Å². The van der Waals surface area contributed by atoms with Gasteiger partial charge in [0.2, 0.25) is 5.78 Å². The zero-order valence-corrected chi connectivity index (χ0v) is 19.3. The van der Waals surface area contributed by atoms with E-state index in [4.69, 9.17) is 9.47 Å². The fraction of sp³-hybridized carbons (Fsp3) is 0.400. The molecule has 1 aliphatic rings. The minimum atomic E-state index is -0.916. The number of aromatic nitrogens is 1. The first-order valence-corrected chi connectivity index (χ1v) is 11.2. The van der Waals surface area contributed by atoms with Crippen molar-refractivity contribution in [1.29, 1.82) is 0 Å². The molecule has 34 heavy (non-hydrogen) atoms. The van der Waals surface area contributed by atoms with Crippen molar-refractivity contribution >= 4 is 23.6 Å². The van der Waals surface area contributed by atoms with Gasteiger partial charge in [-0.3, -0.25) is 19.4 Å². The fourth-order valence-corrected chi connectivity index (χ4v) is 3.71. The van der Waals surface area contributed by atoms with Crippen molar-refractivity contribution in [2.45, 2.75) is 39.3 Å². The Hall–Kier alpha value is -3.75. The van der Waals surface area contributed by atoms with Gasteiger partial charge in [0, 0.05) is 30.3 Å². The molecular formula is C25H29N3O6. The number of amides is 2. The maximum Gasteiger partial charge on any atom is 0.408 e. The number of Topliss-reactive ketones (excluding diaryl/α,β-unsaturated/α-hetero) is 2. The van der Waals surface area contributed by atoms with Crippen LogP contribution in [0.3, 0.4) is 0 Å². The summed E-state index contributed by atoms with van der Waals surface area (Å²) in [6.45, 7) is 4.02. The Morgan fingerprint density at radius 2 is 1.97 bits per heavy atom. The monoisotopic (exact) mass is 467 g/mol. The molecule has 0 saturated heterocycles. The van der Waals surface area contributed by atoms with Crippen molar-refractivity contribution in [1.82, 2.24) is 15.6 Å². The molecule has 2 N–H and O–H groups in total. The molecule has 2 atom stereocenters. The van der Waals surface area contributed by atoms with Crippen molar-refractivity contribution in [3.63, 3.8) is 0 Å².